The number of hydrogen-bond acceptors (Lipinski definition) is 0. The molecule has 1 saturated carbocycles. The minimum atomic E-state index is 0. The monoisotopic (exact) mass is 323 g/mol. The molecule has 0 bridgehead atoms. The molecular formula is C13H26IN. The zero-order valence-electron chi connectivity index (χ0n) is 10.4. The predicted molar refractivity (Wildman–Crippen MR) is 61.2 cm³/mol. The molecule has 0 radical (unpaired) electrons. The molecule has 1 saturated heterocycles. The standard InChI is InChI=1S/C13H26N.HI/c1-3-4-10-14(2)11-9-13(12-14)7-5-6-8-13;/h3-12H2,1-2H3;1H/q+1;/p-1. The van der Waals surface area contributed by atoms with Crippen molar-refractivity contribution in [1.82, 2.24) is 0 Å². The first-order valence-electron chi connectivity index (χ1n) is 6.52. The molecule has 0 amide bonds. The van der Waals surface area contributed by atoms with Crippen LogP contribution in [0.4, 0.5) is 0 Å². The second-order valence-corrected chi connectivity index (χ2v) is 6.04. The van der Waals surface area contributed by atoms with E-state index in [-0.39, 0.29) is 24.0 Å². The Hall–Kier alpha value is 0.690. The van der Waals surface area contributed by atoms with Gasteiger partial charge in [0.2, 0.25) is 0 Å². The van der Waals surface area contributed by atoms with E-state index < -0.39 is 0 Å². The highest BCUT2D eigenvalue weighted by atomic mass is 127. The molecule has 1 aliphatic heterocycles. The zero-order valence-corrected chi connectivity index (χ0v) is 12.6. The summed E-state index contributed by atoms with van der Waals surface area (Å²) < 4.78 is 1.38. The van der Waals surface area contributed by atoms with Crippen LogP contribution in [0.3, 0.4) is 0 Å². The molecule has 1 spiro atoms. The van der Waals surface area contributed by atoms with Gasteiger partial charge in [-0.05, 0) is 19.3 Å². The van der Waals surface area contributed by atoms with E-state index in [9.17, 15) is 0 Å². The second-order valence-electron chi connectivity index (χ2n) is 6.04. The first kappa shape index (κ1) is 13.8. The first-order valence-corrected chi connectivity index (χ1v) is 6.52. The van der Waals surface area contributed by atoms with Gasteiger partial charge < -0.3 is 28.5 Å². The van der Waals surface area contributed by atoms with Gasteiger partial charge in [0.1, 0.15) is 0 Å². The molecule has 2 rings (SSSR count). The fourth-order valence-corrected chi connectivity index (χ4v) is 3.74. The molecule has 2 fully saturated rings. The van der Waals surface area contributed by atoms with Gasteiger partial charge in [-0.15, -0.1) is 0 Å². The number of hydrogen-bond donors (Lipinski definition) is 0. The summed E-state index contributed by atoms with van der Waals surface area (Å²) in [4.78, 5) is 0. The summed E-state index contributed by atoms with van der Waals surface area (Å²) in [6.45, 7) is 6.69. The lowest BCUT2D eigenvalue weighted by atomic mass is 9.85. The van der Waals surface area contributed by atoms with Crippen molar-refractivity contribution in [2.75, 3.05) is 26.7 Å². The SMILES string of the molecule is CCCC[N+]1(C)CCC2(CCCC2)C1.[I-]. The van der Waals surface area contributed by atoms with Gasteiger partial charge in [-0.2, -0.15) is 0 Å². The van der Waals surface area contributed by atoms with Gasteiger partial charge in [0.25, 0.3) is 0 Å². The minimum Gasteiger partial charge on any atom is -1.00 e. The highest BCUT2D eigenvalue weighted by molar-refractivity contribution is 4.88. The highest BCUT2D eigenvalue weighted by Gasteiger charge is 2.47. The lowest BCUT2D eigenvalue weighted by molar-refractivity contribution is -0.900. The average Bonchev–Trinajstić information content (AvgIpc) is 2.74. The van der Waals surface area contributed by atoms with E-state index in [0.29, 0.717) is 0 Å². The van der Waals surface area contributed by atoms with Crippen molar-refractivity contribution in [1.29, 1.82) is 0 Å². The Kier molecular flexibility index (Phi) is 4.90. The van der Waals surface area contributed by atoms with Crippen LogP contribution < -0.4 is 24.0 Å². The fourth-order valence-electron chi connectivity index (χ4n) is 3.74. The second kappa shape index (κ2) is 5.35. The van der Waals surface area contributed by atoms with E-state index in [4.69, 9.17) is 0 Å². The lowest BCUT2D eigenvalue weighted by Gasteiger charge is -2.32. The van der Waals surface area contributed by atoms with Gasteiger partial charge in [0.15, 0.2) is 0 Å². The maximum atomic E-state index is 2.49. The van der Waals surface area contributed by atoms with E-state index in [1.807, 2.05) is 0 Å². The van der Waals surface area contributed by atoms with Crippen LogP contribution in [0.1, 0.15) is 51.9 Å². The normalized spacial score (nSPS) is 33.2. The third kappa shape index (κ3) is 3.09. The number of halogens is 1. The van der Waals surface area contributed by atoms with E-state index in [2.05, 4.69) is 14.0 Å². The van der Waals surface area contributed by atoms with E-state index >= 15 is 0 Å². The van der Waals surface area contributed by atoms with Crippen molar-refractivity contribution < 1.29 is 28.5 Å². The first-order chi connectivity index (χ1) is 6.68. The molecule has 1 heterocycles. The number of nitrogens with zero attached hydrogens (tertiary/aromatic N) is 1. The fraction of sp³-hybridized carbons (Fsp3) is 1.00. The van der Waals surface area contributed by atoms with Crippen LogP contribution >= 0.6 is 0 Å². The molecular weight excluding hydrogens is 297 g/mol. The van der Waals surface area contributed by atoms with Crippen LogP contribution in [0.15, 0.2) is 0 Å². The number of quaternary nitrogens is 1. The van der Waals surface area contributed by atoms with Crippen molar-refractivity contribution in [2.24, 2.45) is 5.41 Å². The van der Waals surface area contributed by atoms with Crippen molar-refractivity contribution >= 4 is 0 Å². The minimum absolute atomic E-state index is 0. The third-order valence-corrected chi connectivity index (χ3v) is 4.61. The van der Waals surface area contributed by atoms with Crippen molar-refractivity contribution in [3.63, 3.8) is 0 Å². The molecule has 2 heteroatoms. The van der Waals surface area contributed by atoms with Crippen LogP contribution in [0.2, 0.25) is 0 Å². The van der Waals surface area contributed by atoms with Gasteiger partial charge >= 0.3 is 0 Å². The lowest BCUT2D eigenvalue weighted by Crippen LogP contribution is -3.00. The van der Waals surface area contributed by atoms with Crippen molar-refractivity contribution in [3.8, 4) is 0 Å². The van der Waals surface area contributed by atoms with Gasteiger partial charge in [0.05, 0.1) is 26.7 Å². The predicted octanol–water partition coefficient (Wildman–Crippen LogP) is 0.201. The van der Waals surface area contributed by atoms with E-state index in [0.717, 1.165) is 5.41 Å². The molecule has 1 unspecified atom stereocenters. The summed E-state index contributed by atoms with van der Waals surface area (Å²) in [7, 11) is 2.49. The Bertz CT molecular complexity index is 199. The average molecular weight is 323 g/mol. The Morgan fingerprint density at radius 1 is 1.13 bits per heavy atom. The highest BCUT2D eigenvalue weighted by Crippen LogP contribution is 2.47. The summed E-state index contributed by atoms with van der Waals surface area (Å²) in [6, 6.07) is 0. The molecule has 1 aliphatic carbocycles. The smallest absolute Gasteiger partial charge is 0.0843 e. The maximum Gasteiger partial charge on any atom is 0.0843 e. The summed E-state index contributed by atoms with van der Waals surface area (Å²) >= 11 is 0. The molecule has 0 aromatic rings. The molecule has 1 nitrogen and oxygen atoms in total. The summed E-state index contributed by atoms with van der Waals surface area (Å²) in [5.74, 6) is 0. The van der Waals surface area contributed by atoms with E-state index in [1.165, 1.54) is 69.1 Å². The van der Waals surface area contributed by atoms with Crippen LogP contribution in [0.25, 0.3) is 0 Å². The van der Waals surface area contributed by atoms with Crippen LogP contribution in [0, 0.1) is 5.41 Å². The van der Waals surface area contributed by atoms with Gasteiger partial charge in [0, 0.05) is 11.8 Å². The van der Waals surface area contributed by atoms with E-state index in [1.54, 1.807) is 0 Å². The van der Waals surface area contributed by atoms with Crippen LogP contribution in [-0.4, -0.2) is 31.2 Å². The molecule has 0 aromatic carbocycles. The molecule has 2 aliphatic rings. The molecule has 0 N–H and O–H groups in total. The maximum absolute atomic E-state index is 2.49. The molecule has 0 aromatic heterocycles. The van der Waals surface area contributed by atoms with Crippen molar-refractivity contribution in [3.05, 3.63) is 0 Å². The summed E-state index contributed by atoms with van der Waals surface area (Å²) in [5.41, 5.74) is 0.794. The van der Waals surface area contributed by atoms with Gasteiger partial charge in [-0.1, -0.05) is 26.2 Å². The Morgan fingerprint density at radius 2 is 1.80 bits per heavy atom. The Balaban J connectivity index is 0.00000112. The van der Waals surface area contributed by atoms with Gasteiger partial charge in [-0.25, -0.2) is 0 Å². The largest absolute Gasteiger partial charge is 1.00 e. The van der Waals surface area contributed by atoms with Crippen LogP contribution in [0.5, 0.6) is 0 Å². The zero-order chi connectivity index (χ0) is 10.1. The Morgan fingerprint density at radius 3 is 2.40 bits per heavy atom. The quantitative estimate of drug-likeness (QED) is 0.514. The summed E-state index contributed by atoms with van der Waals surface area (Å²) in [6.07, 6.45) is 10.4. The number of rotatable bonds is 3. The number of unbranched alkanes of at least 4 members (excludes halogenated alkanes) is 1. The molecule has 15 heavy (non-hydrogen) atoms. The molecule has 1 atom stereocenters. The molecule has 90 valence electrons. The Labute approximate surface area is 112 Å². The summed E-state index contributed by atoms with van der Waals surface area (Å²) in [5, 5.41) is 0. The third-order valence-electron chi connectivity index (χ3n) is 4.61. The number of likely N-dealkylation sites (tertiary alicyclic amines) is 1. The van der Waals surface area contributed by atoms with Gasteiger partial charge in [-0.3, -0.25) is 0 Å². The topological polar surface area (TPSA) is 0 Å². The van der Waals surface area contributed by atoms with Crippen molar-refractivity contribution in [2.45, 2.75) is 51.9 Å². The van der Waals surface area contributed by atoms with Crippen LogP contribution in [-0.2, 0) is 0 Å².